The van der Waals surface area contributed by atoms with Crippen molar-refractivity contribution >= 4 is 28.4 Å². The lowest BCUT2D eigenvalue weighted by Crippen LogP contribution is -2.35. The summed E-state index contributed by atoms with van der Waals surface area (Å²) in [6, 6.07) is 3.55. The SMILES string of the molecule is N#CNC(=NCc1ccc(-c2csc(N=C(N)N)n2)o1)NCCCO. The van der Waals surface area contributed by atoms with E-state index in [1.807, 2.05) is 0 Å². The van der Waals surface area contributed by atoms with E-state index >= 15 is 0 Å². The van der Waals surface area contributed by atoms with Gasteiger partial charge in [-0.05, 0) is 18.6 Å². The normalized spacial score (nSPS) is 11.0. The molecule has 2 aromatic rings. The largest absolute Gasteiger partial charge is 0.457 e. The van der Waals surface area contributed by atoms with Gasteiger partial charge in [-0.15, -0.1) is 11.3 Å². The number of thiazole rings is 1. The van der Waals surface area contributed by atoms with Crippen molar-refractivity contribution in [3.05, 3.63) is 23.3 Å². The van der Waals surface area contributed by atoms with E-state index in [0.717, 1.165) is 0 Å². The number of nitrogens with zero attached hydrogens (tertiary/aromatic N) is 4. The van der Waals surface area contributed by atoms with E-state index in [4.69, 9.17) is 26.3 Å². The summed E-state index contributed by atoms with van der Waals surface area (Å²) in [5.41, 5.74) is 11.3. The molecule has 0 saturated heterocycles. The Balaban J connectivity index is 2.02. The van der Waals surface area contributed by atoms with Crippen LogP contribution in [0.4, 0.5) is 5.13 Å². The predicted octanol–water partition coefficient (Wildman–Crippen LogP) is 0.207. The number of nitrogens with two attached hydrogens (primary N) is 2. The number of nitriles is 1. The second kappa shape index (κ2) is 9.26. The molecule has 2 rings (SSSR count). The van der Waals surface area contributed by atoms with Crippen LogP contribution in [0.15, 0.2) is 31.9 Å². The molecule has 0 radical (unpaired) electrons. The zero-order valence-electron chi connectivity index (χ0n) is 13.3. The molecule has 0 bridgehead atoms. The summed E-state index contributed by atoms with van der Waals surface area (Å²) in [5.74, 6) is 1.44. The molecule has 0 fully saturated rings. The molecule has 0 unspecified atom stereocenters. The first-order valence-corrected chi connectivity index (χ1v) is 8.19. The topological polar surface area (TPSA) is 171 Å². The van der Waals surface area contributed by atoms with Crippen molar-refractivity contribution in [3.8, 4) is 17.6 Å². The molecule has 0 aromatic carbocycles. The van der Waals surface area contributed by atoms with E-state index < -0.39 is 0 Å². The fourth-order valence-corrected chi connectivity index (χ4v) is 2.47. The number of hydrogen-bond acceptors (Lipinski definition) is 7. The lowest BCUT2D eigenvalue weighted by atomic mass is 10.3. The Bertz CT molecular complexity index is 785. The van der Waals surface area contributed by atoms with Crippen LogP contribution in [0.3, 0.4) is 0 Å². The molecule has 0 aliphatic rings. The van der Waals surface area contributed by atoms with Gasteiger partial charge in [0.1, 0.15) is 18.0 Å². The zero-order valence-corrected chi connectivity index (χ0v) is 14.1. The van der Waals surface area contributed by atoms with Gasteiger partial charge in [0.2, 0.25) is 11.1 Å². The van der Waals surface area contributed by atoms with Gasteiger partial charge >= 0.3 is 0 Å². The van der Waals surface area contributed by atoms with Crippen molar-refractivity contribution in [2.75, 3.05) is 13.2 Å². The summed E-state index contributed by atoms with van der Waals surface area (Å²) < 4.78 is 5.69. The molecule has 0 saturated carbocycles. The molecule has 7 N–H and O–H groups in total. The van der Waals surface area contributed by atoms with Crippen molar-refractivity contribution < 1.29 is 9.52 Å². The highest BCUT2D eigenvalue weighted by molar-refractivity contribution is 7.13. The Morgan fingerprint density at radius 3 is 3.00 bits per heavy atom. The second-order valence-corrected chi connectivity index (χ2v) is 5.56. The van der Waals surface area contributed by atoms with Crippen LogP contribution in [0.2, 0.25) is 0 Å². The van der Waals surface area contributed by atoms with Gasteiger partial charge in [-0.25, -0.2) is 9.98 Å². The highest BCUT2D eigenvalue weighted by Crippen LogP contribution is 2.28. The quantitative estimate of drug-likeness (QED) is 0.153. The third-order valence-electron chi connectivity index (χ3n) is 2.83. The van der Waals surface area contributed by atoms with E-state index in [9.17, 15) is 0 Å². The summed E-state index contributed by atoms with van der Waals surface area (Å²) in [6.07, 6.45) is 2.36. The van der Waals surface area contributed by atoms with E-state index in [-0.39, 0.29) is 19.1 Å². The Kier molecular flexibility index (Phi) is 6.76. The number of furan rings is 1. The van der Waals surface area contributed by atoms with E-state index in [1.54, 1.807) is 23.7 Å². The predicted molar refractivity (Wildman–Crippen MR) is 94.9 cm³/mol. The van der Waals surface area contributed by atoms with Crippen LogP contribution < -0.4 is 22.1 Å². The number of aromatic nitrogens is 1. The molecule has 0 aliphatic carbocycles. The number of guanidine groups is 2. The molecule has 0 atom stereocenters. The van der Waals surface area contributed by atoms with Gasteiger partial charge in [-0.1, -0.05) is 0 Å². The second-order valence-electron chi connectivity index (χ2n) is 4.72. The summed E-state index contributed by atoms with van der Waals surface area (Å²) in [7, 11) is 0. The minimum Gasteiger partial charge on any atom is -0.457 e. The zero-order chi connectivity index (χ0) is 18.1. The minimum atomic E-state index is -0.0541. The number of hydrogen-bond donors (Lipinski definition) is 5. The van der Waals surface area contributed by atoms with Crippen LogP contribution in [0.5, 0.6) is 0 Å². The number of aliphatic hydroxyl groups excluding tert-OH is 1. The molecular weight excluding hydrogens is 344 g/mol. The molecule has 25 heavy (non-hydrogen) atoms. The lowest BCUT2D eigenvalue weighted by molar-refractivity contribution is 0.289. The maximum absolute atomic E-state index is 8.77. The van der Waals surface area contributed by atoms with Gasteiger partial charge in [0.05, 0.1) is 0 Å². The van der Waals surface area contributed by atoms with Gasteiger partial charge in [0.25, 0.3) is 0 Å². The maximum atomic E-state index is 8.77. The van der Waals surface area contributed by atoms with Crippen molar-refractivity contribution in [1.29, 1.82) is 5.26 Å². The number of aliphatic hydroxyl groups is 1. The maximum Gasteiger partial charge on any atom is 0.212 e. The van der Waals surface area contributed by atoms with Crippen LogP contribution in [-0.2, 0) is 6.54 Å². The van der Waals surface area contributed by atoms with Crippen LogP contribution >= 0.6 is 11.3 Å². The third kappa shape index (κ3) is 5.79. The average Bonchev–Trinajstić information content (AvgIpc) is 3.21. The Hall–Kier alpha value is -3.10. The molecule has 10 nitrogen and oxygen atoms in total. The average molecular weight is 362 g/mol. The third-order valence-corrected chi connectivity index (χ3v) is 3.56. The first-order valence-electron chi connectivity index (χ1n) is 7.31. The number of aliphatic imine (C=N–C) groups is 2. The van der Waals surface area contributed by atoms with Crippen molar-refractivity contribution in [1.82, 2.24) is 15.6 Å². The van der Waals surface area contributed by atoms with Crippen LogP contribution in [0, 0.1) is 11.5 Å². The molecule has 132 valence electrons. The standard InChI is InChI=1S/C14H18N8O2S/c15-8-20-13(18-4-1-5-23)19-6-9-2-3-11(24-9)10-7-25-14(21-10)22-12(16)17/h2-3,7,23H,1,4-6H2,(H2,18,19,20)(H4,16,17,21,22). The summed E-state index contributed by atoms with van der Waals surface area (Å²) in [5, 5.41) is 25.1. The molecule has 0 aliphatic heterocycles. The highest BCUT2D eigenvalue weighted by atomic mass is 32.1. The first-order chi connectivity index (χ1) is 12.1. The Morgan fingerprint density at radius 2 is 2.28 bits per heavy atom. The lowest BCUT2D eigenvalue weighted by Gasteiger charge is -2.06. The van der Waals surface area contributed by atoms with E-state index in [0.29, 0.717) is 41.3 Å². The summed E-state index contributed by atoms with van der Waals surface area (Å²) in [6.45, 7) is 0.796. The van der Waals surface area contributed by atoms with Crippen LogP contribution in [0.25, 0.3) is 11.5 Å². The van der Waals surface area contributed by atoms with E-state index in [1.165, 1.54) is 11.3 Å². The van der Waals surface area contributed by atoms with E-state index in [2.05, 4.69) is 25.6 Å². The summed E-state index contributed by atoms with van der Waals surface area (Å²) >= 11 is 1.30. The van der Waals surface area contributed by atoms with Crippen molar-refractivity contribution in [2.24, 2.45) is 21.5 Å². The molecule has 0 spiro atoms. The van der Waals surface area contributed by atoms with Gasteiger partial charge < -0.3 is 26.3 Å². The monoisotopic (exact) mass is 362 g/mol. The van der Waals surface area contributed by atoms with Crippen molar-refractivity contribution in [3.63, 3.8) is 0 Å². The van der Waals surface area contributed by atoms with Gasteiger partial charge in [-0.3, -0.25) is 5.32 Å². The molecule has 11 heteroatoms. The number of nitrogens with one attached hydrogen (secondary N) is 2. The molecule has 0 amide bonds. The Morgan fingerprint density at radius 1 is 1.44 bits per heavy atom. The summed E-state index contributed by atoms with van der Waals surface area (Å²) in [4.78, 5) is 12.4. The fourth-order valence-electron chi connectivity index (χ4n) is 1.78. The van der Waals surface area contributed by atoms with Gasteiger partial charge in [0, 0.05) is 18.5 Å². The molecular formula is C14H18N8O2S. The molecule has 2 heterocycles. The number of rotatable bonds is 7. The highest BCUT2D eigenvalue weighted by Gasteiger charge is 2.09. The van der Waals surface area contributed by atoms with Gasteiger partial charge in [0.15, 0.2) is 17.9 Å². The first kappa shape index (κ1) is 18.2. The Labute approximate surface area is 147 Å². The van der Waals surface area contributed by atoms with Crippen LogP contribution in [-0.4, -0.2) is 35.2 Å². The molecule has 2 aromatic heterocycles. The van der Waals surface area contributed by atoms with Gasteiger partial charge in [-0.2, -0.15) is 10.3 Å². The van der Waals surface area contributed by atoms with Crippen molar-refractivity contribution in [2.45, 2.75) is 13.0 Å². The smallest absolute Gasteiger partial charge is 0.212 e. The fraction of sp³-hybridized carbons (Fsp3) is 0.286. The van der Waals surface area contributed by atoms with Crippen LogP contribution in [0.1, 0.15) is 12.2 Å². The minimum absolute atomic E-state index is 0.0541.